The van der Waals surface area contributed by atoms with Crippen LogP contribution < -0.4 is 16.0 Å². The summed E-state index contributed by atoms with van der Waals surface area (Å²) < 4.78 is 0. The fourth-order valence-electron chi connectivity index (χ4n) is 4.10. The lowest BCUT2D eigenvalue weighted by molar-refractivity contribution is 0.0955. The van der Waals surface area contributed by atoms with E-state index in [4.69, 9.17) is 0 Å². The van der Waals surface area contributed by atoms with Crippen molar-refractivity contribution in [2.45, 2.75) is 32.4 Å². The van der Waals surface area contributed by atoms with Gasteiger partial charge in [-0.15, -0.1) is 11.3 Å². The highest BCUT2D eigenvalue weighted by Gasteiger charge is 2.31. The number of thiophene rings is 1. The Morgan fingerprint density at radius 2 is 2.10 bits per heavy atom. The molecule has 162 valence electrons. The van der Waals surface area contributed by atoms with Gasteiger partial charge in [-0.3, -0.25) is 14.7 Å². The normalized spacial score (nSPS) is 20.0. The van der Waals surface area contributed by atoms with E-state index >= 15 is 0 Å². The summed E-state index contributed by atoms with van der Waals surface area (Å²) in [7, 11) is 4.02. The van der Waals surface area contributed by atoms with Crippen molar-refractivity contribution in [1.29, 1.82) is 0 Å². The molecule has 0 spiro atoms. The van der Waals surface area contributed by atoms with E-state index in [1.807, 2.05) is 42.5 Å². The molecule has 7 heteroatoms. The fourth-order valence-corrected chi connectivity index (χ4v) is 5.09. The van der Waals surface area contributed by atoms with Crippen molar-refractivity contribution in [1.82, 2.24) is 20.9 Å². The Kier molecular flexibility index (Phi) is 8.28. The first-order chi connectivity index (χ1) is 14.6. The zero-order chi connectivity index (χ0) is 21.3. The first-order valence-corrected chi connectivity index (χ1v) is 11.6. The minimum atomic E-state index is -0.0390. The first-order valence-electron chi connectivity index (χ1n) is 10.7. The lowest BCUT2D eigenvalue weighted by atomic mass is 9.88. The number of hydrogen-bond acceptors (Lipinski definition) is 4. The molecule has 2 unspecified atom stereocenters. The molecule has 0 aliphatic carbocycles. The molecule has 3 N–H and O–H groups in total. The number of carbonyl (C=O) groups excluding carboxylic acids is 1. The van der Waals surface area contributed by atoms with E-state index in [2.05, 4.69) is 50.4 Å². The lowest BCUT2D eigenvalue weighted by Crippen LogP contribution is -2.44. The van der Waals surface area contributed by atoms with Crippen LogP contribution in [0, 0.1) is 5.92 Å². The zero-order valence-electron chi connectivity index (χ0n) is 18.1. The molecule has 1 fully saturated rings. The average Bonchev–Trinajstić information content (AvgIpc) is 3.28. The van der Waals surface area contributed by atoms with E-state index in [0.29, 0.717) is 30.6 Å². The molecule has 3 rings (SSSR count). The van der Waals surface area contributed by atoms with Gasteiger partial charge >= 0.3 is 0 Å². The maximum atomic E-state index is 12.1. The molecular weight excluding hydrogens is 394 g/mol. The molecular formula is C23H33N5OS. The molecule has 2 aromatic rings. The van der Waals surface area contributed by atoms with Crippen LogP contribution in [-0.4, -0.2) is 50.5 Å². The van der Waals surface area contributed by atoms with Gasteiger partial charge in [0.25, 0.3) is 5.91 Å². The van der Waals surface area contributed by atoms with Crippen LogP contribution in [0.2, 0.25) is 0 Å². The number of carbonyl (C=O) groups is 1. The Morgan fingerprint density at radius 3 is 2.83 bits per heavy atom. The molecule has 0 radical (unpaired) electrons. The smallest absolute Gasteiger partial charge is 0.251 e. The van der Waals surface area contributed by atoms with Crippen LogP contribution in [0.1, 0.15) is 46.6 Å². The van der Waals surface area contributed by atoms with Crippen molar-refractivity contribution in [3.05, 3.63) is 57.8 Å². The van der Waals surface area contributed by atoms with Gasteiger partial charge in [0.15, 0.2) is 5.96 Å². The number of nitrogens with zero attached hydrogens (tertiary/aromatic N) is 2. The van der Waals surface area contributed by atoms with Crippen molar-refractivity contribution < 1.29 is 4.79 Å². The molecule has 1 aromatic heterocycles. The van der Waals surface area contributed by atoms with E-state index in [9.17, 15) is 4.79 Å². The Balaban J connectivity index is 1.56. The van der Waals surface area contributed by atoms with Crippen molar-refractivity contribution in [2.75, 3.05) is 33.7 Å². The van der Waals surface area contributed by atoms with E-state index < -0.39 is 0 Å². The summed E-state index contributed by atoms with van der Waals surface area (Å²) in [5, 5.41) is 11.9. The molecule has 2 atom stereocenters. The molecule has 1 amide bonds. The molecule has 0 bridgehead atoms. The summed E-state index contributed by atoms with van der Waals surface area (Å²) >= 11 is 1.84. The predicted octanol–water partition coefficient (Wildman–Crippen LogP) is 3.25. The van der Waals surface area contributed by atoms with Crippen LogP contribution in [0.15, 0.2) is 46.8 Å². The summed E-state index contributed by atoms with van der Waals surface area (Å²) in [5.41, 5.74) is 1.73. The van der Waals surface area contributed by atoms with Gasteiger partial charge in [-0.1, -0.05) is 18.2 Å². The number of guanidine groups is 1. The molecule has 1 saturated heterocycles. The summed E-state index contributed by atoms with van der Waals surface area (Å²) in [6.45, 7) is 5.19. The molecule has 0 saturated carbocycles. The number of amides is 1. The second-order valence-electron chi connectivity index (χ2n) is 7.71. The minimum absolute atomic E-state index is 0.0390. The first kappa shape index (κ1) is 22.3. The average molecular weight is 428 g/mol. The second kappa shape index (κ2) is 11.1. The van der Waals surface area contributed by atoms with Crippen LogP contribution in [0.5, 0.6) is 0 Å². The van der Waals surface area contributed by atoms with E-state index in [1.165, 1.54) is 17.7 Å². The number of nitrogens with one attached hydrogen (secondary N) is 3. The third-order valence-electron chi connectivity index (χ3n) is 5.58. The predicted molar refractivity (Wildman–Crippen MR) is 125 cm³/mol. The topological polar surface area (TPSA) is 68.8 Å². The summed E-state index contributed by atoms with van der Waals surface area (Å²) in [6.07, 6.45) is 2.44. The summed E-state index contributed by atoms with van der Waals surface area (Å²) in [4.78, 5) is 20.4. The second-order valence-corrected chi connectivity index (χ2v) is 8.69. The highest BCUT2D eigenvalue weighted by Crippen LogP contribution is 2.36. The summed E-state index contributed by atoms with van der Waals surface area (Å²) in [5.74, 6) is 1.29. The lowest BCUT2D eigenvalue weighted by Gasteiger charge is -2.39. The van der Waals surface area contributed by atoms with Gasteiger partial charge in [0.2, 0.25) is 0 Å². The highest BCUT2D eigenvalue weighted by molar-refractivity contribution is 7.10. The highest BCUT2D eigenvalue weighted by atomic mass is 32.1. The molecule has 2 heterocycles. The van der Waals surface area contributed by atoms with E-state index in [1.54, 1.807) is 7.05 Å². The summed E-state index contributed by atoms with van der Waals surface area (Å²) in [6, 6.07) is 12.5. The fraction of sp³-hybridized carbons (Fsp3) is 0.478. The molecule has 1 aromatic carbocycles. The van der Waals surface area contributed by atoms with Gasteiger partial charge in [-0.25, -0.2) is 0 Å². The number of rotatable bonds is 7. The largest absolute Gasteiger partial charge is 0.356 e. The standard InChI is InChI=1S/C23H33N5OS/c1-4-25-22(29)18-9-5-8-17(14-18)15-26-23(24-2)27-16-19-10-6-12-28(3)21(19)20-11-7-13-30-20/h5,7-9,11,13-14,19,21H,4,6,10,12,15-16H2,1-3H3,(H,25,29)(H2,24,26,27). The quantitative estimate of drug-likeness (QED) is 0.469. The Hall–Kier alpha value is -2.38. The van der Waals surface area contributed by atoms with Crippen LogP contribution in [-0.2, 0) is 6.54 Å². The van der Waals surface area contributed by atoms with Gasteiger partial charge in [0.05, 0.1) is 0 Å². The van der Waals surface area contributed by atoms with Crippen molar-refractivity contribution in [3.8, 4) is 0 Å². The van der Waals surface area contributed by atoms with E-state index in [0.717, 1.165) is 24.6 Å². The Bertz CT molecular complexity index is 836. The van der Waals surface area contributed by atoms with E-state index in [-0.39, 0.29) is 5.91 Å². The van der Waals surface area contributed by atoms with Crippen LogP contribution >= 0.6 is 11.3 Å². The third-order valence-corrected chi connectivity index (χ3v) is 6.53. The van der Waals surface area contributed by atoms with Crippen molar-refractivity contribution in [3.63, 3.8) is 0 Å². The van der Waals surface area contributed by atoms with Gasteiger partial charge in [0, 0.05) is 43.2 Å². The minimum Gasteiger partial charge on any atom is -0.356 e. The van der Waals surface area contributed by atoms with Gasteiger partial charge in [0.1, 0.15) is 0 Å². The maximum Gasteiger partial charge on any atom is 0.251 e. The molecule has 30 heavy (non-hydrogen) atoms. The van der Waals surface area contributed by atoms with Crippen molar-refractivity contribution >= 4 is 23.2 Å². The zero-order valence-corrected chi connectivity index (χ0v) is 19.0. The van der Waals surface area contributed by atoms with Crippen molar-refractivity contribution in [2.24, 2.45) is 10.9 Å². The van der Waals surface area contributed by atoms with Crippen LogP contribution in [0.3, 0.4) is 0 Å². The number of likely N-dealkylation sites (tertiary alicyclic amines) is 1. The van der Waals surface area contributed by atoms with Gasteiger partial charge in [-0.05, 0) is 68.4 Å². The SMILES string of the molecule is CCNC(=O)c1cccc(CNC(=NC)NCC2CCCN(C)C2c2cccs2)c1. The van der Waals surface area contributed by atoms with Gasteiger partial charge in [-0.2, -0.15) is 0 Å². The van der Waals surface area contributed by atoms with Crippen LogP contribution in [0.25, 0.3) is 0 Å². The third kappa shape index (κ3) is 5.83. The molecule has 1 aliphatic rings. The molecule has 6 nitrogen and oxygen atoms in total. The number of piperidine rings is 1. The van der Waals surface area contributed by atoms with Crippen LogP contribution in [0.4, 0.5) is 0 Å². The monoisotopic (exact) mass is 427 g/mol. The maximum absolute atomic E-state index is 12.1. The van der Waals surface area contributed by atoms with Gasteiger partial charge < -0.3 is 16.0 Å². The molecule has 1 aliphatic heterocycles. The Morgan fingerprint density at radius 1 is 1.23 bits per heavy atom. The number of aliphatic imine (C=N–C) groups is 1. The number of benzene rings is 1. The Labute approximate surface area is 183 Å². The number of hydrogen-bond donors (Lipinski definition) is 3.